The predicted molar refractivity (Wildman–Crippen MR) is 171 cm³/mol. The minimum absolute atomic E-state index is 0.0276. The largest absolute Gasteiger partial charge is 0.444 e. The summed E-state index contributed by atoms with van der Waals surface area (Å²) < 4.78 is 5.52. The van der Waals surface area contributed by atoms with E-state index >= 15 is 0 Å². The van der Waals surface area contributed by atoms with Crippen LogP contribution in [-0.2, 0) is 15.1 Å². The van der Waals surface area contributed by atoms with Crippen LogP contribution in [0, 0.1) is 5.92 Å². The molecule has 1 fully saturated rings. The van der Waals surface area contributed by atoms with Gasteiger partial charge in [-0.05, 0) is 87.7 Å². The Morgan fingerprint density at radius 2 is 1.64 bits per heavy atom. The molecule has 10 heteroatoms. The Labute approximate surface area is 262 Å². The topological polar surface area (TPSA) is 65.5 Å². The molecule has 2 aromatic rings. The Bertz CT molecular complexity index is 1430. The minimum atomic E-state index is -0.623. The first-order chi connectivity index (χ1) is 19.7. The second-order valence-electron chi connectivity index (χ2n) is 12.5. The Morgan fingerprint density at radius 3 is 2.17 bits per heavy atom. The molecule has 3 aliphatic rings. The number of carbonyl (C=O) groups excluding carboxylic acids is 2. The van der Waals surface area contributed by atoms with E-state index in [9.17, 15) is 9.59 Å². The maximum atomic E-state index is 14.2. The van der Waals surface area contributed by atoms with E-state index in [0.29, 0.717) is 34.6 Å². The Morgan fingerprint density at radius 1 is 1.07 bits per heavy atom. The summed E-state index contributed by atoms with van der Waals surface area (Å²) in [6.45, 7) is 15.4. The van der Waals surface area contributed by atoms with Crippen molar-refractivity contribution in [2.24, 2.45) is 10.9 Å². The molecule has 5 rings (SSSR count). The van der Waals surface area contributed by atoms with E-state index in [1.165, 1.54) is 11.8 Å². The molecule has 2 amide bonds. The van der Waals surface area contributed by atoms with E-state index in [0.717, 1.165) is 22.0 Å². The van der Waals surface area contributed by atoms with Gasteiger partial charge in [-0.1, -0.05) is 61.3 Å². The average Bonchev–Trinajstić information content (AvgIpc) is 3.38. The van der Waals surface area contributed by atoms with Crippen molar-refractivity contribution in [1.82, 2.24) is 14.7 Å². The molecule has 2 unspecified atom stereocenters. The van der Waals surface area contributed by atoms with Crippen LogP contribution in [-0.4, -0.2) is 63.1 Å². The van der Waals surface area contributed by atoms with Crippen molar-refractivity contribution in [3.8, 4) is 0 Å². The van der Waals surface area contributed by atoms with Gasteiger partial charge in [-0.3, -0.25) is 4.79 Å². The molecule has 0 bridgehead atoms. The van der Waals surface area contributed by atoms with Gasteiger partial charge >= 0.3 is 6.09 Å². The third kappa shape index (κ3) is 5.65. The van der Waals surface area contributed by atoms with Crippen LogP contribution in [0.15, 0.2) is 64.1 Å². The number of likely N-dealkylation sites (tertiary alicyclic amines) is 1. The highest BCUT2D eigenvalue weighted by Crippen LogP contribution is 2.56. The van der Waals surface area contributed by atoms with Gasteiger partial charge in [-0.25, -0.2) is 9.79 Å². The number of carbonyl (C=O) groups is 2. The standard InChI is InChI=1S/C32H38Cl2N4O3S/c1-8-37(24-17-36(18-24)30(40)41-31(4,5)6)28(39)26-25(19(2)3)38-27(20-9-13-22(33)14-10-20)32(7,35-29(38)42-26)21-11-15-23(34)16-12-21/h9-16,19,24,27H,8,17-18H2,1-7H3. The third-order valence-corrected chi connectivity index (χ3v) is 9.48. The summed E-state index contributed by atoms with van der Waals surface area (Å²) in [5, 5.41) is 2.14. The zero-order valence-corrected chi connectivity index (χ0v) is 27.5. The lowest BCUT2D eigenvalue weighted by molar-refractivity contribution is -0.132. The zero-order chi connectivity index (χ0) is 30.6. The second-order valence-corrected chi connectivity index (χ2v) is 14.3. The van der Waals surface area contributed by atoms with Crippen LogP contribution in [0.25, 0.3) is 0 Å². The van der Waals surface area contributed by atoms with E-state index in [4.69, 9.17) is 32.9 Å². The molecule has 0 spiro atoms. The lowest BCUT2D eigenvalue weighted by Crippen LogP contribution is -2.63. The minimum Gasteiger partial charge on any atom is -0.444 e. The summed E-state index contributed by atoms with van der Waals surface area (Å²) in [6.07, 6.45) is -0.345. The van der Waals surface area contributed by atoms with Crippen molar-refractivity contribution in [3.05, 3.63) is 80.3 Å². The highest BCUT2D eigenvalue weighted by molar-refractivity contribution is 8.18. The van der Waals surface area contributed by atoms with Gasteiger partial charge in [0.25, 0.3) is 5.91 Å². The van der Waals surface area contributed by atoms with Crippen molar-refractivity contribution in [2.75, 3.05) is 19.6 Å². The van der Waals surface area contributed by atoms with Gasteiger partial charge in [0.05, 0.1) is 12.1 Å². The van der Waals surface area contributed by atoms with Crippen LogP contribution in [0.4, 0.5) is 4.79 Å². The van der Waals surface area contributed by atoms with Crippen molar-refractivity contribution < 1.29 is 14.3 Å². The Kier molecular flexibility index (Phi) is 8.38. The Balaban J connectivity index is 1.48. The molecular formula is C32H38Cl2N4O3S. The van der Waals surface area contributed by atoms with Crippen LogP contribution >= 0.6 is 35.0 Å². The van der Waals surface area contributed by atoms with Crippen LogP contribution in [0.1, 0.15) is 65.6 Å². The van der Waals surface area contributed by atoms with Crippen LogP contribution in [0.5, 0.6) is 0 Å². The summed E-state index contributed by atoms with van der Waals surface area (Å²) in [4.78, 5) is 38.5. The molecule has 1 saturated heterocycles. The molecule has 0 radical (unpaired) electrons. The number of nitrogens with zero attached hydrogens (tertiary/aromatic N) is 4. The van der Waals surface area contributed by atoms with Gasteiger partial charge in [0.1, 0.15) is 16.0 Å². The number of hydrogen-bond donors (Lipinski definition) is 0. The number of thioether (sulfide) groups is 1. The number of amidine groups is 1. The second kappa shape index (κ2) is 11.4. The van der Waals surface area contributed by atoms with Crippen molar-refractivity contribution >= 4 is 52.1 Å². The Hall–Kier alpha value is -2.68. The number of halogens is 2. The number of aliphatic imine (C=N–C) groups is 1. The summed E-state index contributed by atoms with van der Waals surface area (Å²) in [5.74, 6) is 0.0325. The maximum absolute atomic E-state index is 14.2. The number of amides is 2. The lowest BCUT2D eigenvalue weighted by Gasteiger charge is -2.45. The molecule has 2 atom stereocenters. The SMILES string of the molecule is CCN(C(=O)C1=C(C(C)C)N2C(=NC(C)(c3ccc(Cl)cc3)C2c2ccc(Cl)cc2)S1)C1CN(C(=O)OC(C)(C)C)C1. The van der Waals surface area contributed by atoms with E-state index < -0.39 is 11.1 Å². The third-order valence-electron chi connectivity index (χ3n) is 7.92. The van der Waals surface area contributed by atoms with Crippen molar-refractivity contribution in [3.63, 3.8) is 0 Å². The van der Waals surface area contributed by atoms with Crippen molar-refractivity contribution in [1.29, 1.82) is 0 Å². The number of fused-ring (bicyclic) bond motifs is 1. The summed E-state index contributed by atoms with van der Waals surface area (Å²) in [5.41, 5.74) is 1.87. The first kappa shape index (κ1) is 30.8. The predicted octanol–water partition coefficient (Wildman–Crippen LogP) is 7.70. The molecule has 42 heavy (non-hydrogen) atoms. The number of allylic oxidation sites excluding steroid dienone is 1. The molecular weight excluding hydrogens is 591 g/mol. The lowest BCUT2D eigenvalue weighted by atomic mass is 9.81. The molecule has 224 valence electrons. The molecule has 0 aromatic heterocycles. The normalized spacial score (nSPS) is 22.3. The quantitative estimate of drug-likeness (QED) is 0.328. The van der Waals surface area contributed by atoms with Gasteiger partial charge in [0, 0.05) is 35.4 Å². The summed E-state index contributed by atoms with van der Waals surface area (Å²) in [6, 6.07) is 15.5. The molecule has 7 nitrogen and oxygen atoms in total. The van der Waals surface area contributed by atoms with E-state index in [1.807, 2.05) is 81.1 Å². The van der Waals surface area contributed by atoms with Gasteiger partial charge in [-0.2, -0.15) is 0 Å². The molecule has 0 aliphatic carbocycles. The van der Waals surface area contributed by atoms with Gasteiger partial charge in [0.15, 0.2) is 5.17 Å². The maximum Gasteiger partial charge on any atom is 0.410 e. The van der Waals surface area contributed by atoms with E-state index in [2.05, 4.69) is 25.7 Å². The van der Waals surface area contributed by atoms with Gasteiger partial charge < -0.3 is 19.4 Å². The first-order valence-corrected chi connectivity index (χ1v) is 15.9. The molecule has 0 N–H and O–H groups in total. The zero-order valence-electron chi connectivity index (χ0n) is 25.1. The molecule has 3 aliphatic heterocycles. The van der Waals surface area contributed by atoms with E-state index in [-0.39, 0.29) is 30.0 Å². The first-order valence-electron chi connectivity index (χ1n) is 14.3. The van der Waals surface area contributed by atoms with Gasteiger partial charge in [0.2, 0.25) is 0 Å². The summed E-state index contributed by atoms with van der Waals surface area (Å²) in [7, 11) is 0. The highest BCUT2D eigenvalue weighted by Gasteiger charge is 2.54. The fourth-order valence-electron chi connectivity index (χ4n) is 5.89. The molecule has 2 aromatic carbocycles. The smallest absolute Gasteiger partial charge is 0.410 e. The number of ether oxygens (including phenoxy) is 1. The van der Waals surface area contributed by atoms with Crippen molar-refractivity contribution in [2.45, 2.75) is 71.7 Å². The monoisotopic (exact) mass is 628 g/mol. The number of benzene rings is 2. The van der Waals surface area contributed by atoms with Crippen LogP contribution in [0.3, 0.4) is 0 Å². The fourth-order valence-corrected chi connectivity index (χ4v) is 7.51. The number of hydrogen-bond acceptors (Lipinski definition) is 6. The summed E-state index contributed by atoms with van der Waals surface area (Å²) >= 11 is 14.0. The van der Waals surface area contributed by atoms with E-state index in [1.54, 1.807) is 4.90 Å². The highest BCUT2D eigenvalue weighted by atomic mass is 35.5. The fraction of sp³-hybridized carbons (Fsp3) is 0.469. The van der Waals surface area contributed by atoms with Crippen LogP contribution in [0.2, 0.25) is 10.0 Å². The number of likely N-dealkylation sites (N-methyl/N-ethyl adjacent to an activating group) is 1. The van der Waals surface area contributed by atoms with Gasteiger partial charge in [-0.15, -0.1) is 0 Å². The number of rotatable bonds is 6. The average molecular weight is 630 g/mol. The molecule has 0 saturated carbocycles. The van der Waals surface area contributed by atoms with Crippen LogP contribution < -0.4 is 0 Å². The molecule has 3 heterocycles.